The van der Waals surface area contributed by atoms with Crippen molar-refractivity contribution in [3.63, 3.8) is 0 Å². The zero-order valence-electron chi connectivity index (χ0n) is 12.2. The van der Waals surface area contributed by atoms with E-state index in [-0.39, 0.29) is 5.75 Å². The number of sulfone groups is 1. The van der Waals surface area contributed by atoms with Crippen molar-refractivity contribution < 1.29 is 13.2 Å². The van der Waals surface area contributed by atoms with E-state index in [9.17, 15) is 8.42 Å². The van der Waals surface area contributed by atoms with E-state index in [2.05, 4.69) is 10.3 Å². The zero-order chi connectivity index (χ0) is 15.3. The molecule has 6 nitrogen and oxygen atoms in total. The zero-order valence-corrected chi connectivity index (χ0v) is 13.0. The second-order valence-corrected chi connectivity index (χ2v) is 7.20. The van der Waals surface area contributed by atoms with Gasteiger partial charge in [-0.1, -0.05) is 22.9 Å². The van der Waals surface area contributed by atoms with Gasteiger partial charge < -0.3 is 4.74 Å². The summed E-state index contributed by atoms with van der Waals surface area (Å²) in [6, 6.07) is 7.89. The first kappa shape index (κ1) is 15.5. The molecular weight excluding hydrogens is 290 g/mol. The minimum Gasteiger partial charge on any atom is -0.494 e. The van der Waals surface area contributed by atoms with E-state index in [0.29, 0.717) is 18.8 Å². The Morgan fingerprint density at radius 3 is 2.62 bits per heavy atom. The summed E-state index contributed by atoms with van der Waals surface area (Å²) in [5, 5.41) is 7.74. The van der Waals surface area contributed by atoms with Crippen LogP contribution in [0.4, 0.5) is 0 Å². The van der Waals surface area contributed by atoms with E-state index in [4.69, 9.17) is 4.74 Å². The average Bonchev–Trinajstić information content (AvgIpc) is 2.82. The lowest BCUT2D eigenvalue weighted by atomic mass is 10.2. The molecule has 0 aliphatic heterocycles. The maximum absolute atomic E-state index is 11.2. The molecule has 0 amide bonds. The van der Waals surface area contributed by atoms with Crippen molar-refractivity contribution in [3.8, 4) is 5.75 Å². The predicted molar refractivity (Wildman–Crippen MR) is 79.9 cm³/mol. The van der Waals surface area contributed by atoms with Crippen molar-refractivity contribution in [2.24, 2.45) is 0 Å². The molecular formula is C14H19N3O3S. The molecule has 0 saturated heterocycles. The molecule has 1 aromatic heterocycles. The highest BCUT2D eigenvalue weighted by Gasteiger charge is 2.08. The number of nitrogens with zero attached hydrogens (tertiary/aromatic N) is 3. The van der Waals surface area contributed by atoms with E-state index in [1.54, 1.807) is 10.9 Å². The summed E-state index contributed by atoms with van der Waals surface area (Å²) >= 11 is 0. The Kier molecular flexibility index (Phi) is 4.95. The van der Waals surface area contributed by atoms with Gasteiger partial charge in [-0.15, -0.1) is 5.10 Å². The van der Waals surface area contributed by atoms with Crippen LogP contribution in [0.3, 0.4) is 0 Å². The predicted octanol–water partition coefficient (Wildman–Crippen LogP) is 1.60. The van der Waals surface area contributed by atoms with Gasteiger partial charge in [-0.25, -0.2) is 8.42 Å². The van der Waals surface area contributed by atoms with Crippen molar-refractivity contribution in [2.45, 2.75) is 25.6 Å². The molecule has 0 spiro atoms. The van der Waals surface area contributed by atoms with E-state index in [1.165, 1.54) is 11.8 Å². The molecule has 1 heterocycles. The van der Waals surface area contributed by atoms with Gasteiger partial charge in [-0.05, 0) is 19.1 Å². The lowest BCUT2D eigenvalue weighted by Crippen LogP contribution is -2.05. The van der Waals surface area contributed by atoms with Crippen molar-refractivity contribution >= 4 is 9.84 Å². The molecule has 7 heteroatoms. The average molecular weight is 309 g/mol. The highest BCUT2D eigenvalue weighted by molar-refractivity contribution is 7.89. The second-order valence-electron chi connectivity index (χ2n) is 5.06. The van der Waals surface area contributed by atoms with Crippen LogP contribution < -0.4 is 4.74 Å². The van der Waals surface area contributed by atoms with Gasteiger partial charge in [-0.3, -0.25) is 4.68 Å². The Bertz CT molecular complexity index is 678. The van der Waals surface area contributed by atoms with Gasteiger partial charge in [0.25, 0.3) is 0 Å². The summed E-state index contributed by atoms with van der Waals surface area (Å²) in [6.45, 7) is 3.25. The van der Waals surface area contributed by atoms with Gasteiger partial charge in [0.15, 0.2) is 9.84 Å². The number of rotatable bonds is 7. The maximum atomic E-state index is 11.2. The largest absolute Gasteiger partial charge is 0.494 e. The molecule has 0 saturated carbocycles. The molecule has 0 aliphatic rings. The molecule has 0 bridgehead atoms. The SMILES string of the molecule is Cc1ccc(OCCCn2cc(CS(C)(=O)=O)nn2)cc1. The Labute approximate surface area is 124 Å². The quantitative estimate of drug-likeness (QED) is 0.726. The Morgan fingerprint density at radius 1 is 1.24 bits per heavy atom. The van der Waals surface area contributed by atoms with Crippen molar-refractivity contribution in [2.75, 3.05) is 12.9 Å². The van der Waals surface area contributed by atoms with Gasteiger partial charge in [0.2, 0.25) is 0 Å². The molecule has 114 valence electrons. The molecule has 0 aliphatic carbocycles. The molecule has 0 N–H and O–H groups in total. The number of aryl methyl sites for hydroxylation is 2. The third-order valence-electron chi connectivity index (χ3n) is 2.82. The number of hydrogen-bond donors (Lipinski definition) is 0. The number of ether oxygens (including phenoxy) is 1. The summed E-state index contributed by atoms with van der Waals surface area (Å²) in [5.41, 5.74) is 1.67. The fourth-order valence-electron chi connectivity index (χ4n) is 1.83. The maximum Gasteiger partial charge on any atom is 0.153 e. The van der Waals surface area contributed by atoms with Crippen LogP contribution in [0, 0.1) is 6.92 Å². The third-order valence-corrected chi connectivity index (χ3v) is 3.64. The minimum atomic E-state index is -3.07. The fraction of sp³-hybridized carbons (Fsp3) is 0.429. The van der Waals surface area contributed by atoms with Crippen LogP contribution in [0.2, 0.25) is 0 Å². The smallest absolute Gasteiger partial charge is 0.153 e. The first-order valence-corrected chi connectivity index (χ1v) is 8.75. The van der Waals surface area contributed by atoms with E-state index >= 15 is 0 Å². The number of benzene rings is 1. The lowest BCUT2D eigenvalue weighted by Gasteiger charge is -2.06. The topological polar surface area (TPSA) is 74.1 Å². The van der Waals surface area contributed by atoms with Gasteiger partial charge in [-0.2, -0.15) is 0 Å². The summed E-state index contributed by atoms with van der Waals surface area (Å²) in [6.07, 6.45) is 3.61. The number of hydrogen-bond acceptors (Lipinski definition) is 5. The Morgan fingerprint density at radius 2 is 1.95 bits per heavy atom. The molecule has 0 unspecified atom stereocenters. The summed E-state index contributed by atoms with van der Waals surface area (Å²) in [4.78, 5) is 0. The molecule has 0 fully saturated rings. The monoisotopic (exact) mass is 309 g/mol. The standard InChI is InChI=1S/C14H19N3O3S/c1-12-4-6-14(7-5-12)20-9-3-8-17-10-13(15-16-17)11-21(2,18)19/h4-7,10H,3,8-9,11H2,1-2H3. The highest BCUT2D eigenvalue weighted by Crippen LogP contribution is 2.11. The normalized spacial score (nSPS) is 11.5. The van der Waals surface area contributed by atoms with Crippen molar-refractivity contribution in [1.29, 1.82) is 0 Å². The molecule has 0 radical (unpaired) electrons. The van der Waals surface area contributed by atoms with E-state index < -0.39 is 9.84 Å². The molecule has 2 aromatic rings. The van der Waals surface area contributed by atoms with Crippen molar-refractivity contribution in [3.05, 3.63) is 41.7 Å². The minimum absolute atomic E-state index is 0.0765. The first-order valence-electron chi connectivity index (χ1n) is 6.68. The summed E-state index contributed by atoms with van der Waals surface area (Å²) < 4.78 is 29.6. The highest BCUT2D eigenvalue weighted by atomic mass is 32.2. The van der Waals surface area contributed by atoms with Gasteiger partial charge in [0, 0.05) is 25.4 Å². The van der Waals surface area contributed by atoms with Crippen LogP contribution in [0.1, 0.15) is 17.7 Å². The van der Waals surface area contributed by atoms with Crippen LogP contribution >= 0.6 is 0 Å². The number of aromatic nitrogens is 3. The molecule has 0 atom stereocenters. The van der Waals surface area contributed by atoms with Crippen LogP contribution in [0.25, 0.3) is 0 Å². The van der Waals surface area contributed by atoms with Crippen molar-refractivity contribution in [1.82, 2.24) is 15.0 Å². The van der Waals surface area contributed by atoms with Crippen LogP contribution in [0.15, 0.2) is 30.5 Å². The summed E-state index contributed by atoms with van der Waals surface area (Å²) in [7, 11) is -3.07. The third kappa shape index (κ3) is 5.55. The van der Waals surface area contributed by atoms with Crippen LogP contribution in [-0.2, 0) is 22.1 Å². The van der Waals surface area contributed by atoms with Gasteiger partial charge in [0.1, 0.15) is 5.75 Å². The first-order chi connectivity index (χ1) is 9.92. The van der Waals surface area contributed by atoms with Crippen LogP contribution in [-0.4, -0.2) is 36.3 Å². The summed E-state index contributed by atoms with van der Waals surface area (Å²) in [5.74, 6) is 0.768. The Balaban J connectivity index is 1.75. The lowest BCUT2D eigenvalue weighted by molar-refractivity contribution is 0.298. The van der Waals surface area contributed by atoms with Crippen LogP contribution in [0.5, 0.6) is 5.75 Å². The van der Waals surface area contributed by atoms with E-state index in [1.807, 2.05) is 31.2 Å². The second kappa shape index (κ2) is 6.71. The van der Waals surface area contributed by atoms with Gasteiger partial charge >= 0.3 is 0 Å². The molecule has 1 aromatic carbocycles. The van der Waals surface area contributed by atoms with E-state index in [0.717, 1.165) is 12.2 Å². The Hall–Kier alpha value is -1.89. The fourth-order valence-corrected chi connectivity index (χ4v) is 2.50. The molecule has 2 rings (SSSR count). The van der Waals surface area contributed by atoms with Gasteiger partial charge in [0.05, 0.1) is 18.1 Å². The molecule has 21 heavy (non-hydrogen) atoms.